The van der Waals surface area contributed by atoms with Crippen molar-refractivity contribution in [1.82, 2.24) is 9.21 Å². The van der Waals surface area contributed by atoms with Gasteiger partial charge in [0.1, 0.15) is 5.70 Å². The normalized spacial score (nSPS) is 18.8. The lowest BCUT2D eigenvalue weighted by atomic mass is 10.0. The first-order chi connectivity index (χ1) is 14.3. The molecule has 0 unspecified atom stereocenters. The van der Waals surface area contributed by atoms with Crippen molar-refractivity contribution in [2.24, 2.45) is 5.92 Å². The zero-order valence-electron chi connectivity index (χ0n) is 17.1. The minimum atomic E-state index is -3.57. The van der Waals surface area contributed by atoms with Crippen molar-refractivity contribution in [1.29, 1.82) is 0 Å². The van der Waals surface area contributed by atoms with E-state index in [2.05, 4.69) is 12.2 Å². The van der Waals surface area contributed by atoms with Gasteiger partial charge in [0.05, 0.1) is 30.7 Å². The maximum Gasteiger partial charge on any atom is 0.337 e. The van der Waals surface area contributed by atoms with E-state index in [0.29, 0.717) is 24.7 Å². The number of aliphatic hydroxyl groups is 1. The van der Waals surface area contributed by atoms with Crippen LogP contribution in [0.2, 0.25) is 0 Å². The fourth-order valence-corrected chi connectivity index (χ4v) is 5.05. The molecule has 1 fully saturated rings. The fraction of sp³-hybridized carbons (Fsp3) is 0.500. The van der Waals surface area contributed by atoms with E-state index < -0.39 is 21.9 Å². The summed E-state index contributed by atoms with van der Waals surface area (Å²) < 4.78 is 31.9. The molecule has 2 aliphatic heterocycles. The number of ether oxygens (including phenoxy) is 1. The zero-order valence-corrected chi connectivity index (χ0v) is 17.9. The van der Waals surface area contributed by atoms with Crippen LogP contribution < -0.4 is 5.32 Å². The number of aliphatic hydroxyl groups excluding tert-OH is 1. The quantitative estimate of drug-likeness (QED) is 0.606. The Kier molecular flexibility index (Phi) is 6.79. The summed E-state index contributed by atoms with van der Waals surface area (Å²) in [6, 6.07) is 6.09. The fourth-order valence-electron chi connectivity index (χ4n) is 3.58. The van der Waals surface area contributed by atoms with Crippen molar-refractivity contribution in [3.63, 3.8) is 0 Å². The number of nitrogens with zero attached hydrogens (tertiary/aromatic N) is 2. The number of carbonyl (C=O) groups excluding carboxylic acids is 2. The standard InChI is InChI=1S/C20H27N3O6S/c1-14-7-9-23(10-8-14)30(27,28)16-5-3-15(4-6-16)21-18-17(20(26)29-2)13-22(11-12-24)19(18)25/h3-6,14,21,24H,7-13H2,1-2H3. The molecule has 1 saturated heterocycles. The van der Waals surface area contributed by atoms with Gasteiger partial charge in [0, 0.05) is 25.3 Å². The third kappa shape index (κ3) is 4.50. The smallest absolute Gasteiger partial charge is 0.337 e. The molecule has 9 nitrogen and oxygen atoms in total. The molecule has 0 atom stereocenters. The molecule has 1 aromatic rings. The maximum absolute atomic E-state index is 12.8. The molecule has 0 radical (unpaired) electrons. The van der Waals surface area contributed by atoms with Gasteiger partial charge in [-0.15, -0.1) is 0 Å². The average Bonchev–Trinajstić information content (AvgIpc) is 3.04. The lowest BCUT2D eigenvalue weighted by Gasteiger charge is -2.29. The number of amides is 1. The van der Waals surface area contributed by atoms with E-state index >= 15 is 0 Å². The number of sulfonamides is 1. The van der Waals surface area contributed by atoms with Crippen LogP contribution in [0.4, 0.5) is 5.69 Å². The summed E-state index contributed by atoms with van der Waals surface area (Å²) in [5, 5.41) is 12.0. The Hall–Kier alpha value is -2.43. The Morgan fingerprint density at radius 3 is 2.43 bits per heavy atom. The molecule has 0 spiro atoms. The van der Waals surface area contributed by atoms with Crippen LogP contribution in [0, 0.1) is 5.92 Å². The molecule has 0 saturated carbocycles. The molecule has 10 heteroatoms. The molecule has 164 valence electrons. The van der Waals surface area contributed by atoms with E-state index in [4.69, 9.17) is 9.84 Å². The van der Waals surface area contributed by atoms with Gasteiger partial charge in [-0.25, -0.2) is 13.2 Å². The third-order valence-corrected chi connectivity index (χ3v) is 7.37. The Bertz CT molecular complexity index is 934. The predicted molar refractivity (Wildman–Crippen MR) is 110 cm³/mol. The van der Waals surface area contributed by atoms with Crippen molar-refractivity contribution >= 4 is 27.6 Å². The Morgan fingerprint density at radius 2 is 1.87 bits per heavy atom. The minimum Gasteiger partial charge on any atom is -0.466 e. The van der Waals surface area contributed by atoms with Crippen molar-refractivity contribution in [2.45, 2.75) is 24.7 Å². The molecule has 30 heavy (non-hydrogen) atoms. The summed E-state index contributed by atoms with van der Waals surface area (Å²) in [4.78, 5) is 26.1. The highest BCUT2D eigenvalue weighted by atomic mass is 32.2. The zero-order chi connectivity index (χ0) is 21.9. The monoisotopic (exact) mass is 437 g/mol. The van der Waals surface area contributed by atoms with Crippen molar-refractivity contribution in [2.75, 3.05) is 45.2 Å². The van der Waals surface area contributed by atoms with E-state index in [-0.39, 0.29) is 35.9 Å². The van der Waals surface area contributed by atoms with Crippen LogP contribution in [0.3, 0.4) is 0 Å². The van der Waals surface area contributed by atoms with Crippen LogP contribution in [-0.4, -0.2) is 74.5 Å². The van der Waals surface area contributed by atoms with E-state index in [1.54, 1.807) is 12.1 Å². The summed E-state index contributed by atoms with van der Waals surface area (Å²) in [6.45, 7) is 3.04. The highest BCUT2D eigenvalue weighted by molar-refractivity contribution is 7.89. The van der Waals surface area contributed by atoms with Gasteiger partial charge in [-0.2, -0.15) is 4.31 Å². The number of hydrogen-bond donors (Lipinski definition) is 2. The highest BCUT2D eigenvalue weighted by Gasteiger charge is 2.34. The van der Waals surface area contributed by atoms with E-state index in [9.17, 15) is 18.0 Å². The molecule has 2 aliphatic rings. The Balaban J connectivity index is 1.79. The average molecular weight is 438 g/mol. The maximum atomic E-state index is 12.8. The van der Waals surface area contributed by atoms with Crippen LogP contribution in [0.25, 0.3) is 0 Å². The molecular weight excluding hydrogens is 410 g/mol. The first kappa shape index (κ1) is 22.3. The van der Waals surface area contributed by atoms with Gasteiger partial charge in [0.25, 0.3) is 5.91 Å². The van der Waals surface area contributed by atoms with Gasteiger partial charge < -0.3 is 20.1 Å². The number of carbonyl (C=O) groups is 2. The lowest BCUT2D eigenvalue weighted by Crippen LogP contribution is -2.37. The van der Waals surface area contributed by atoms with Crippen molar-refractivity contribution < 1.29 is 27.9 Å². The summed E-state index contributed by atoms with van der Waals surface area (Å²) in [7, 11) is -2.34. The molecule has 2 heterocycles. The van der Waals surface area contributed by atoms with Gasteiger partial charge in [0.2, 0.25) is 10.0 Å². The molecule has 1 amide bonds. The van der Waals surface area contributed by atoms with Crippen LogP contribution in [-0.2, 0) is 24.3 Å². The molecular formula is C20H27N3O6S. The molecule has 0 bridgehead atoms. The van der Waals surface area contributed by atoms with E-state index in [1.807, 2.05) is 0 Å². The van der Waals surface area contributed by atoms with Gasteiger partial charge in [0.15, 0.2) is 0 Å². The summed E-state index contributed by atoms with van der Waals surface area (Å²) in [5.41, 5.74) is 0.697. The third-order valence-electron chi connectivity index (χ3n) is 5.46. The summed E-state index contributed by atoms with van der Waals surface area (Å²) in [6.07, 6.45) is 1.69. The number of piperidine rings is 1. The number of anilines is 1. The molecule has 0 aromatic heterocycles. The summed E-state index contributed by atoms with van der Waals surface area (Å²) >= 11 is 0. The number of β-amino-alcohol motifs (C(OH)–C–C–N with tert-alkyl or cyclic N) is 1. The summed E-state index contributed by atoms with van der Waals surface area (Å²) in [5.74, 6) is -0.539. The van der Waals surface area contributed by atoms with Crippen LogP contribution in [0.1, 0.15) is 19.8 Å². The molecule has 1 aromatic carbocycles. The largest absolute Gasteiger partial charge is 0.466 e. The number of rotatable bonds is 7. The second-order valence-corrected chi connectivity index (χ2v) is 9.47. The predicted octanol–water partition coefficient (Wildman–Crippen LogP) is 0.781. The number of benzene rings is 1. The topological polar surface area (TPSA) is 116 Å². The second kappa shape index (κ2) is 9.15. The van der Waals surface area contributed by atoms with Crippen molar-refractivity contribution in [3.8, 4) is 0 Å². The van der Waals surface area contributed by atoms with E-state index in [0.717, 1.165) is 12.8 Å². The van der Waals surface area contributed by atoms with Gasteiger partial charge in [-0.05, 0) is 43.0 Å². The Labute approximate surface area is 176 Å². The molecule has 2 N–H and O–H groups in total. The van der Waals surface area contributed by atoms with Gasteiger partial charge in [-0.3, -0.25) is 4.79 Å². The highest BCUT2D eigenvalue weighted by Crippen LogP contribution is 2.26. The Morgan fingerprint density at radius 1 is 1.23 bits per heavy atom. The van der Waals surface area contributed by atoms with Gasteiger partial charge in [-0.1, -0.05) is 6.92 Å². The number of methoxy groups -OCH3 is 1. The van der Waals surface area contributed by atoms with Crippen LogP contribution >= 0.6 is 0 Å². The number of esters is 1. The van der Waals surface area contributed by atoms with E-state index in [1.165, 1.54) is 28.4 Å². The minimum absolute atomic E-state index is 0.0360. The second-order valence-electron chi connectivity index (χ2n) is 7.53. The lowest BCUT2D eigenvalue weighted by molar-refractivity contribution is -0.136. The SMILES string of the molecule is COC(=O)C1=C(Nc2ccc(S(=O)(=O)N3CCC(C)CC3)cc2)C(=O)N(CCO)C1. The van der Waals surface area contributed by atoms with Crippen molar-refractivity contribution in [3.05, 3.63) is 35.5 Å². The van der Waals surface area contributed by atoms with Gasteiger partial charge >= 0.3 is 5.97 Å². The first-order valence-corrected chi connectivity index (χ1v) is 11.3. The number of hydrogen-bond acceptors (Lipinski definition) is 7. The first-order valence-electron chi connectivity index (χ1n) is 9.86. The van der Waals surface area contributed by atoms with Crippen LogP contribution in [0.5, 0.6) is 0 Å². The molecule has 3 rings (SSSR count). The molecule has 0 aliphatic carbocycles. The van der Waals surface area contributed by atoms with Crippen LogP contribution in [0.15, 0.2) is 40.4 Å². The number of nitrogens with one attached hydrogen (secondary N) is 1.